The molecule has 1 atom stereocenters. The van der Waals surface area contributed by atoms with Crippen LogP contribution in [0.15, 0.2) is 24.3 Å². The third kappa shape index (κ3) is 5.73. The third-order valence-electron chi connectivity index (χ3n) is 2.68. The fraction of sp³-hybridized carbons (Fsp3) is 0.500. The van der Waals surface area contributed by atoms with Crippen LogP contribution in [0.5, 0.6) is 0 Å². The molecule has 0 saturated heterocycles. The predicted octanol–water partition coefficient (Wildman–Crippen LogP) is 3.58. The molecular weight excluding hydrogens is 234 g/mol. The Balaban J connectivity index is 2.30. The Morgan fingerprint density at radius 3 is 2.59 bits per heavy atom. The van der Waals surface area contributed by atoms with Crippen LogP contribution in [-0.2, 0) is 11.2 Å². The second kappa shape index (κ2) is 7.33. The van der Waals surface area contributed by atoms with Crippen molar-refractivity contribution in [1.29, 1.82) is 0 Å². The molecule has 1 aromatic rings. The summed E-state index contributed by atoms with van der Waals surface area (Å²) in [5.41, 5.74) is 1.15. The third-order valence-corrected chi connectivity index (χ3v) is 2.94. The Kier molecular flexibility index (Phi) is 6.06. The van der Waals surface area contributed by atoms with E-state index < -0.39 is 0 Å². The van der Waals surface area contributed by atoms with Crippen molar-refractivity contribution in [1.82, 2.24) is 5.32 Å². The van der Waals surface area contributed by atoms with Crippen LogP contribution in [0.1, 0.15) is 38.7 Å². The van der Waals surface area contributed by atoms with Crippen LogP contribution in [-0.4, -0.2) is 11.9 Å². The summed E-state index contributed by atoms with van der Waals surface area (Å²) in [7, 11) is 0. The zero-order valence-electron chi connectivity index (χ0n) is 10.5. The molecular formula is C14H20ClNO. The average Bonchev–Trinajstić information content (AvgIpc) is 2.28. The molecule has 3 heteroatoms. The highest BCUT2D eigenvalue weighted by Crippen LogP contribution is 2.11. The van der Waals surface area contributed by atoms with Gasteiger partial charge in [-0.15, -0.1) is 0 Å². The molecule has 1 amide bonds. The number of amides is 1. The maximum Gasteiger partial charge on any atom is 0.220 e. The number of hydrogen-bond acceptors (Lipinski definition) is 1. The lowest BCUT2D eigenvalue weighted by Gasteiger charge is -2.12. The predicted molar refractivity (Wildman–Crippen MR) is 72.3 cm³/mol. The first-order valence-electron chi connectivity index (χ1n) is 6.15. The minimum absolute atomic E-state index is 0.126. The largest absolute Gasteiger partial charge is 0.354 e. The van der Waals surface area contributed by atoms with E-state index in [0.717, 1.165) is 29.8 Å². The first-order chi connectivity index (χ1) is 8.11. The molecule has 0 aromatic heterocycles. The molecule has 0 aliphatic heterocycles. The monoisotopic (exact) mass is 253 g/mol. The van der Waals surface area contributed by atoms with Crippen molar-refractivity contribution in [3.8, 4) is 0 Å². The Morgan fingerprint density at radius 1 is 1.35 bits per heavy atom. The van der Waals surface area contributed by atoms with Gasteiger partial charge in [-0.2, -0.15) is 0 Å². The number of rotatable bonds is 6. The molecule has 1 aromatic carbocycles. The van der Waals surface area contributed by atoms with Gasteiger partial charge in [-0.3, -0.25) is 4.79 Å². The van der Waals surface area contributed by atoms with Crippen molar-refractivity contribution in [3.05, 3.63) is 34.9 Å². The lowest BCUT2D eigenvalue weighted by Crippen LogP contribution is -2.32. The second-order valence-electron chi connectivity index (χ2n) is 4.38. The first-order valence-corrected chi connectivity index (χ1v) is 6.53. The molecule has 0 bridgehead atoms. The summed E-state index contributed by atoms with van der Waals surface area (Å²) >= 11 is 5.80. The quantitative estimate of drug-likeness (QED) is 0.825. The van der Waals surface area contributed by atoms with Gasteiger partial charge in [-0.05, 0) is 37.5 Å². The maximum absolute atomic E-state index is 11.6. The molecule has 0 spiro atoms. The van der Waals surface area contributed by atoms with E-state index in [1.807, 2.05) is 31.2 Å². The van der Waals surface area contributed by atoms with Crippen LogP contribution >= 0.6 is 11.6 Å². The Bertz CT molecular complexity index is 348. The number of carbonyl (C=O) groups excluding carboxylic acids is 1. The van der Waals surface area contributed by atoms with Crippen molar-refractivity contribution in [2.24, 2.45) is 0 Å². The fourth-order valence-electron chi connectivity index (χ4n) is 1.76. The van der Waals surface area contributed by atoms with E-state index in [1.54, 1.807) is 0 Å². The zero-order chi connectivity index (χ0) is 12.7. The van der Waals surface area contributed by atoms with Gasteiger partial charge in [0.05, 0.1) is 0 Å². The number of hydrogen-bond donors (Lipinski definition) is 1. The Labute approximate surface area is 108 Å². The van der Waals surface area contributed by atoms with E-state index in [1.165, 1.54) is 0 Å². The van der Waals surface area contributed by atoms with Gasteiger partial charge in [0.25, 0.3) is 0 Å². The van der Waals surface area contributed by atoms with Gasteiger partial charge in [-0.25, -0.2) is 0 Å². The summed E-state index contributed by atoms with van der Waals surface area (Å²) in [6.45, 7) is 4.17. The van der Waals surface area contributed by atoms with E-state index >= 15 is 0 Å². The maximum atomic E-state index is 11.6. The van der Waals surface area contributed by atoms with Crippen LogP contribution in [0, 0.1) is 0 Å². The van der Waals surface area contributed by atoms with Crippen molar-refractivity contribution in [3.63, 3.8) is 0 Å². The Hall–Kier alpha value is -1.02. The molecule has 0 unspecified atom stereocenters. The molecule has 17 heavy (non-hydrogen) atoms. The van der Waals surface area contributed by atoms with Gasteiger partial charge in [0.1, 0.15) is 0 Å². The SMILES string of the molecule is CCC[C@H](C)NC(=O)CCc1ccc(Cl)cc1. The van der Waals surface area contributed by atoms with Crippen LogP contribution in [0.4, 0.5) is 0 Å². The van der Waals surface area contributed by atoms with E-state index in [9.17, 15) is 4.79 Å². The lowest BCUT2D eigenvalue weighted by atomic mass is 10.1. The van der Waals surface area contributed by atoms with Gasteiger partial charge in [0.15, 0.2) is 0 Å². The van der Waals surface area contributed by atoms with E-state index in [-0.39, 0.29) is 11.9 Å². The number of benzene rings is 1. The molecule has 0 aliphatic rings. The molecule has 1 N–H and O–H groups in total. The van der Waals surface area contributed by atoms with Crippen LogP contribution in [0.25, 0.3) is 0 Å². The number of nitrogens with one attached hydrogen (secondary N) is 1. The van der Waals surface area contributed by atoms with Crippen molar-refractivity contribution >= 4 is 17.5 Å². The fourth-order valence-corrected chi connectivity index (χ4v) is 1.89. The van der Waals surface area contributed by atoms with Crippen LogP contribution in [0.2, 0.25) is 5.02 Å². The van der Waals surface area contributed by atoms with Gasteiger partial charge in [-0.1, -0.05) is 37.1 Å². The first kappa shape index (κ1) is 14.0. The number of carbonyl (C=O) groups is 1. The van der Waals surface area contributed by atoms with Gasteiger partial charge in [0.2, 0.25) is 5.91 Å². The smallest absolute Gasteiger partial charge is 0.220 e. The highest BCUT2D eigenvalue weighted by Gasteiger charge is 2.06. The minimum atomic E-state index is 0.126. The summed E-state index contributed by atoms with van der Waals surface area (Å²) in [4.78, 5) is 11.6. The van der Waals surface area contributed by atoms with Crippen molar-refractivity contribution < 1.29 is 4.79 Å². The Morgan fingerprint density at radius 2 is 2.00 bits per heavy atom. The molecule has 0 fully saturated rings. The molecule has 0 heterocycles. The van der Waals surface area contributed by atoms with Crippen molar-refractivity contribution in [2.45, 2.75) is 45.6 Å². The lowest BCUT2D eigenvalue weighted by molar-refractivity contribution is -0.121. The topological polar surface area (TPSA) is 29.1 Å². The molecule has 1 rings (SSSR count). The van der Waals surface area contributed by atoms with E-state index in [4.69, 9.17) is 11.6 Å². The van der Waals surface area contributed by atoms with Crippen LogP contribution < -0.4 is 5.32 Å². The molecule has 0 saturated carbocycles. The summed E-state index contributed by atoms with van der Waals surface area (Å²) in [5, 5.41) is 3.73. The van der Waals surface area contributed by atoms with Gasteiger partial charge < -0.3 is 5.32 Å². The van der Waals surface area contributed by atoms with Gasteiger partial charge >= 0.3 is 0 Å². The highest BCUT2D eigenvalue weighted by molar-refractivity contribution is 6.30. The normalized spacial score (nSPS) is 12.2. The summed E-state index contributed by atoms with van der Waals surface area (Å²) in [6.07, 6.45) is 3.43. The van der Waals surface area contributed by atoms with E-state index in [2.05, 4.69) is 12.2 Å². The standard InChI is InChI=1S/C14H20ClNO/c1-3-4-11(2)16-14(17)10-7-12-5-8-13(15)9-6-12/h5-6,8-9,11H,3-4,7,10H2,1-2H3,(H,16,17)/t11-/m0/s1. The van der Waals surface area contributed by atoms with Crippen molar-refractivity contribution in [2.75, 3.05) is 0 Å². The number of halogens is 1. The number of aryl methyl sites for hydroxylation is 1. The summed E-state index contributed by atoms with van der Waals surface area (Å²) < 4.78 is 0. The van der Waals surface area contributed by atoms with Gasteiger partial charge in [0, 0.05) is 17.5 Å². The van der Waals surface area contributed by atoms with E-state index in [0.29, 0.717) is 6.42 Å². The molecule has 0 radical (unpaired) electrons. The zero-order valence-corrected chi connectivity index (χ0v) is 11.3. The summed E-state index contributed by atoms with van der Waals surface area (Å²) in [6, 6.07) is 7.91. The minimum Gasteiger partial charge on any atom is -0.354 e. The average molecular weight is 254 g/mol. The highest BCUT2D eigenvalue weighted by atomic mass is 35.5. The van der Waals surface area contributed by atoms with Crippen LogP contribution in [0.3, 0.4) is 0 Å². The molecule has 0 aliphatic carbocycles. The molecule has 94 valence electrons. The summed E-state index contributed by atoms with van der Waals surface area (Å²) in [5.74, 6) is 0.126. The second-order valence-corrected chi connectivity index (χ2v) is 4.82. The molecule has 2 nitrogen and oxygen atoms in total.